The van der Waals surface area contributed by atoms with Crippen LogP contribution in [0.3, 0.4) is 0 Å². The Hall–Kier alpha value is -0.0800. The van der Waals surface area contributed by atoms with Crippen molar-refractivity contribution < 1.29 is 0 Å². The van der Waals surface area contributed by atoms with Gasteiger partial charge in [-0.3, -0.25) is 0 Å². The van der Waals surface area contributed by atoms with Gasteiger partial charge < -0.3 is 4.90 Å². The van der Waals surface area contributed by atoms with E-state index in [2.05, 4.69) is 20.9 Å². The Morgan fingerprint density at radius 3 is 2.54 bits per heavy atom. The van der Waals surface area contributed by atoms with E-state index in [-0.39, 0.29) is 0 Å². The lowest BCUT2D eigenvalue weighted by atomic mass is 10.4. The summed E-state index contributed by atoms with van der Waals surface area (Å²) in [6.07, 6.45) is 1.01. The molecule has 5 heteroatoms. The van der Waals surface area contributed by atoms with Gasteiger partial charge in [0.1, 0.15) is 4.84 Å². The minimum Gasteiger partial charge on any atom is -0.309 e. The summed E-state index contributed by atoms with van der Waals surface area (Å²) in [6, 6.07) is 2.55. The van der Waals surface area contributed by atoms with Crippen molar-refractivity contribution in [3.8, 4) is 0 Å². The third kappa shape index (κ3) is 11.9. The lowest BCUT2D eigenvalue weighted by Crippen LogP contribution is -2.13. The fourth-order valence-corrected chi connectivity index (χ4v) is 0.814. The molecule has 0 aromatic rings. The van der Waals surface area contributed by atoms with Crippen LogP contribution < -0.4 is 0 Å². The van der Waals surface area contributed by atoms with Crippen molar-refractivity contribution in [1.29, 1.82) is 0 Å². The molecule has 0 aromatic heterocycles. The van der Waals surface area contributed by atoms with E-state index in [4.69, 9.17) is 23.2 Å². The van der Waals surface area contributed by atoms with E-state index in [0.717, 1.165) is 19.5 Å². The fraction of sp³-hybridized carbons (Fsp3) is 0.875. The fourth-order valence-electron chi connectivity index (χ4n) is 0.676. The Bertz CT molecular complexity index is 174. The Kier molecular flexibility index (Phi) is 8.46. The molecule has 0 heterocycles. The highest BCUT2D eigenvalue weighted by Gasteiger charge is 1.92. The standard InChI is InChI=1S/C8H15Cl2N3/c1-13(2)5-3-4-11-7-12-6-8(9)10/h8H,3-6H2,1-2H3. The van der Waals surface area contributed by atoms with Crippen LogP contribution in [0.4, 0.5) is 0 Å². The van der Waals surface area contributed by atoms with E-state index in [1.54, 1.807) is 0 Å². The summed E-state index contributed by atoms with van der Waals surface area (Å²) in [5.41, 5.74) is 0. The molecule has 3 nitrogen and oxygen atoms in total. The van der Waals surface area contributed by atoms with Crippen LogP contribution in [0.5, 0.6) is 0 Å². The zero-order valence-corrected chi connectivity index (χ0v) is 9.52. The van der Waals surface area contributed by atoms with Gasteiger partial charge >= 0.3 is 0 Å². The molecular weight excluding hydrogens is 209 g/mol. The molecule has 0 N–H and O–H groups in total. The first-order valence-electron chi connectivity index (χ1n) is 4.14. The molecular formula is C8H15Cl2N3. The lowest BCUT2D eigenvalue weighted by molar-refractivity contribution is 0.403. The minimum atomic E-state index is -0.454. The molecule has 0 aliphatic heterocycles. The molecule has 0 aliphatic rings. The first-order valence-corrected chi connectivity index (χ1v) is 5.01. The summed E-state index contributed by atoms with van der Waals surface area (Å²) >= 11 is 10.9. The van der Waals surface area contributed by atoms with E-state index in [0.29, 0.717) is 6.54 Å². The van der Waals surface area contributed by atoms with Crippen LogP contribution in [0.15, 0.2) is 9.98 Å². The molecule has 0 spiro atoms. The second-order valence-corrected chi connectivity index (χ2v) is 4.15. The third-order valence-electron chi connectivity index (χ3n) is 1.25. The number of hydrogen-bond acceptors (Lipinski definition) is 3. The van der Waals surface area contributed by atoms with Crippen LogP contribution in [0.1, 0.15) is 6.42 Å². The highest BCUT2D eigenvalue weighted by Crippen LogP contribution is 1.99. The molecule has 0 radical (unpaired) electrons. The predicted molar refractivity (Wildman–Crippen MR) is 58.3 cm³/mol. The average molecular weight is 224 g/mol. The molecule has 0 atom stereocenters. The van der Waals surface area contributed by atoms with Gasteiger partial charge in [0.25, 0.3) is 0 Å². The van der Waals surface area contributed by atoms with Gasteiger partial charge in [-0.2, -0.15) is 0 Å². The minimum absolute atomic E-state index is 0.361. The molecule has 0 fully saturated rings. The molecule has 0 rings (SSSR count). The van der Waals surface area contributed by atoms with Gasteiger partial charge in [0, 0.05) is 0 Å². The van der Waals surface area contributed by atoms with Crippen LogP contribution in [0.2, 0.25) is 0 Å². The van der Waals surface area contributed by atoms with Crippen LogP contribution in [0, 0.1) is 0 Å². The quantitative estimate of drug-likeness (QED) is 0.385. The second kappa shape index (κ2) is 8.52. The average Bonchev–Trinajstić information content (AvgIpc) is 2.01. The molecule has 0 aromatic carbocycles. The largest absolute Gasteiger partial charge is 0.309 e. The predicted octanol–water partition coefficient (Wildman–Crippen LogP) is 1.92. The van der Waals surface area contributed by atoms with Crippen molar-refractivity contribution in [2.75, 3.05) is 33.7 Å². The number of alkyl halides is 2. The maximum absolute atomic E-state index is 5.44. The smallest absolute Gasteiger partial charge is 0.128 e. The van der Waals surface area contributed by atoms with Crippen molar-refractivity contribution in [2.45, 2.75) is 11.3 Å². The van der Waals surface area contributed by atoms with Crippen molar-refractivity contribution in [1.82, 2.24) is 4.90 Å². The first-order chi connectivity index (χ1) is 6.13. The van der Waals surface area contributed by atoms with Gasteiger partial charge in [0.05, 0.1) is 19.1 Å². The van der Waals surface area contributed by atoms with Crippen molar-refractivity contribution in [2.24, 2.45) is 9.98 Å². The van der Waals surface area contributed by atoms with E-state index >= 15 is 0 Å². The monoisotopic (exact) mass is 223 g/mol. The molecule has 0 bridgehead atoms. The maximum atomic E-state index is 5.44. The zero-order valence-electron chi connectivity index (χ0n) is 8.00. The number of halogens is 2. The van der Waals surface area contributed by atoms with Crippen LogP contribution >= 0.6 is 23.2 Å². The van der Waals surface area contributed by atoms with Gasteiger partial charge in [-0.15, -0.1) is 23.2 Å². The van der Waals surface area contributed by atoms with Crippen LogP contribution in [0.25, 0.3) is 0 Å². The molecule has 76 valence electrons. The molecule has 13 heavy (non-hydrogen) atoms. The zero-order chi connectivity index (χ0) is 10.1. The van der Waals surface area contributed by atoms with Crippen LogP contribution in [-0.2, 0) is 0 Å². The molecule has 0 unspecified atom stereocenters. The lowest BCUT2D eigenvalue weighted by Gasteiger charge is -2.05. The molecule has 0 aliphatic carbocycles. The number of rotatable bonds is 6. The molecule has 0 saturated carbocycles. The molecule has 0 amide bonds. The van der Waals surface area contributed by atoms with Crippen LogP contribution in [-0.4, -0.2) is 49.5 Å². The Balaban J connectivity index is 3.35. The third-order valence-corrected chi connectivity index (χ3v) is 1.52. The Morgan fingerprint density at radius 1 is 1.31 bits per heavy atom. The van der Waals surface area contributed by atoms with Gasteiger partial charge in [-0.05, 0) is 27.1 Å². The second-order valence-electron chi connectivity index (χ2n) is 2.87. The summed E-state index contributed by atoms with van der Waals surface area (Å²) in [7, 11) is 4.06. The SMILES string of the molecule is CN(C)CCCN=C=NCC(Cl)Cl. The summed E-state index contributed by atoms with van der Waals surface area (Å²) in [6.45, 7) is 2.13. The molecule has 0 saturated heterocycles. The van der Waals surface area contributed by atoms with E-state index in [9.17, 15) is 0 Å². The summed E-state index contributed by atoms with van der Waals surface area (Å²) < 4.78 is 0. The van der Waals surface area contributed by atoms with Gasteiger partial charge in [0.2, 0.25) is 0 Å². The topological polar surface area (TPSA) is 28.0 Å². The number of hydrogen-bond donors (Lipinski definition) is 0. The highest BCUT2D eigenvalue weighted by molar-refractivity contribution is 6.44. The van der Waals surface area contributed by atoms with Crippen molar-refractivity contribution in [3.05, 3.63) is 0 Å². The normalized spacial score (nSPS) is 10.3. The Morgan fingerprint density at radius 2 is 2.00 bits per heavy atom. The summed E-state index contributed by atoms with van der Waals surface area (Å²) in [4.78, 5) is 9.41. The summed E-state index contributed by atoms with van der Waals surface area (Å²) in [5.74, 6) is 0. The first kappa shape index (κ1) is 12.9. The number of nitrogens with zero attached hydrogens (tertiary/aromatic N) is 3. The summed E-state index contributed by atoms with van der Waals surface area (Å²) in [5, 5.41) is 0. The van der Waals surface area contributed by atoms with Gasteiger partial charge in [-0.25, -0.2) is 9.98 Å². The van der Waals surface area contributed by atoms with E-state index in [1.807, 2.05) is 14.1 Å². The van der Waals surface area contributed by atoms with Gasteiger partial charge in [-0.1, -0.05) is 0 Å². The Labute approximate surface area is 89.5 Å². The highest BCUT2D eigenvalue weighted by atomic mass is 35.5. The van der Waals surface area contributed by atoms with E-state index in [1.165, 1.54) is 0 Å². The maximum Gasteiger partial charge on any atom is 0.128 e. The van der Waals surface area contributed by atoms with Crippen molar-refractivity contribution in [3.63, 3.8) is 0 Å². The number of aliphatic imine (C=N–C) groups is 2. The van der Waals surface area contributed by atoms with Crippen molar-refractivity contribution >= 4 is 29.2 Å². The van der Waals surface area contributed by atoms with Gasteiger partial charge in [0.15, 0.2) is 0 Å². The van der Waals surface area contributed by atoms with E-state index < -0.39 is 4.84 Å².